The van der Waals surface area contributed by atoms with Crippen LogP contribution in [0.15, 0.2) is 83.8 Å². The molecule has 7 heteroatoms. The molecule has 2 heterocycles. The van der Waals surface area contributed by atoms with E-state index in [1.807, 2.05) is 70.5 Å². The van der Waals surface area contributed by atoms with E-state index >= 15 is 0 Å². The van der Waals surface area contributed by atoms with Gasteiger partial charge in [-0.25, -0.2) is 0 Å². The molecule has 1 N–H and O–H groups in total. The molecule has 0 radical (unpaired) electrons. The predicted octanol–water partition coefficient (Wildman–Crippen LogP) is 3.88. The van der Waals surface area contributed by atoms with E-state index in [1.165, 1.54) is 0 Å². The number of rotatable bonds is 4. The number of nitrogens with one attached hydrogen (secondary N) is 1. The van der Waals surface area contributed by atoms with Crippen LogP contribution in [0.2, 0.25) is 0 Å². The molecule has 0 saturated carbocycles. The largest absolute Gasteiger partial charge is 0.477 e. The summed E-state index contributed by atoms with van der Waals surface area (Å²) < 4.78 is 5.91. The van der Waals surface area contributed by atoms with Crippen molar-refractivity contribution in [1.82, 2.24) is 5.32 Å². The van der Waals surface area contributed by atoms with Gasteiger partial charge in [-0.2, -0.15) is 0 Å². The van der Waals surface area contributed by atoms with E-state index in [-0.39, 0.29) is 24.4 Å². The first kappa shape index (κ1) is 21.4. The van der Waals surface area contributed by atoms with Crippen molar-refractivity contribution in [1.29, 1.82) is 0 Å². The second kappa shape index (κ2) is 9.19. The molecule has 2 aliphatic rings. The van der Waals surface area contributed by atoms with Crippen molar-refractivity contribution in [2.75, 3.05) is 35.7 Å². The lowest BCUT2D eigenvalue weighted by Gasteiger charge is -2.40. The Labute approximate surface area is 197 Å². The van der Waals surface area contributed by atoms with Crippen LogP contribution in [0.3, 0.4) is 0 Å². The van der Waals surface area contributed by atoms with E-state index in [0.717, 1.165) is 27.6 Å². The smallest absolute Gasteiger partial charge is 0.262 e. The molecule has 0 spiro atoms. The number of anilines is 2. The average Bonchev–Trinajstić information content (AvgIpc) is 2.87. The molecule has 33 heavy (non-hydrogen) atoms. The summed E-state index contributed by atoms with van der Waals surface area (Å²) >= 11 is 1.77. The van der Waals surface area contributed by atoms with Gasteiger partial charge in [0.25, 0.3) is 5.91 Å². The van der Waals surface area contributed by atoms with Crippen molar-refractivity contribution >= 4 is 35.0 Å². The van der Waals surface area contributed by atoms with E-state index < -0.39 is 6.10 Å². The van der Waals surface area contributed by atoms with Gasteiger partial charge in [0.1, 0.15) is 5.75 Å². The molecule has 0 bridgehead atoms. The molecule has 0 saturated heterocycles. The van der Waals surface area contributed by atoms with Crippen LogP contribution >= 0.6 is 11.8 Å². The van der Waals surface area contributed by atoms with Crippen LogP contribution in [0.25, 0.3) is 0 Å². The minimum absolute atomic E-state index is 0.0102. The Morgan fingerprint density at radius 3 is 2.45 bits per heavy atom. The number of ether oxygens (including phenoxy) is 1. The van der Waals surface area contributed by atoms with Crippen molar-refractivity contribution in [3.05, 3.63) is 84.4 Å². The zero-order valence-electron chi connectivity index (χ0n) is 18.3. The monoisotopic (exact) mass is 459 g/mol. The van der Waals surface area contributed by atoms with Gasteiger partial charge in [0.2, 0.25) is 5.91 Å². The molecule has 3 aromatic rings. The zero-order valence-corrected chi connectivity index (χ0v) is 19.1. The highest BCUT2D eigenvalue weighted by Crippen LogP contribution is 2.43. The van der Waals surface area contributed by atoms with Crippen molar-refractivity contribution in [3.8, 4) is 5.75 Å². The summed E-state index contributed by atoms with van der Waals surface area (Å²) in [5, 5.41) is 2.66. The minimum Gasteiger partial charge on any atom is -0.477 e. The Bertz CT molecular complexity index is 1170. The first-order valence-corrected chi connectivity index (χ1v) is 12.0. The summed E-state index contributed by atoms with van der Waals surface area (Å²) in [4.78, 5) is 31.2. The van der Waals surface area contributed by atoms with Gasteiger partial charge in [-0.1, -0.05) is 54.6 Å². The Kier molecular flexibility index (Phi) is 5.96. The molecule has 2 amide bonds. The second-order valence-corrected chi connectivity index (χ2v) is 9.10. The third kappa shape index (κ3) is 4.16. The number of hydrogen-bond donors (Lipinski definition) is 1. The third-order valence-corrected chi connectivity index (χ3v) is 7.15. The maximum Gasteiger partial charge on any atom is 0.262 e. The number of para-hydroxylation sites is 3. The molecule has 3 aromatic carbocycles. The molecule has 0 fully saturated rings. The molecule has 6 nitrogen and oxygen atoms in total. The molecule has 2 aliphatic heterocycles. The molecular weight excluding hydrogens is 434 g/mol. The van der Waals surface area contributed by atoms with E-state index in [9.17, 15) is 9.59 Å². The molecule has 5 rings (SSSR count). The Morgan fingerprint density at radius 1 is 0.970 bits per heavy atom. The molecule has 2 unspecified atom stereocenters. The molecule has 0 aliphatic carbocycles. The van der Waals surface area contributed by atoms with E-state index in [2.05, 4.69) is 23.5 Å². The van der Waals surface area contributed by atoms with Gasteiger partial charge in [0.15, 0.2) is 6.10 Å². The Hall–Kier alpha value is -3.45. The standard InChI is InChI=1S/C26H25N3O3S/c1-27-26(31)23-15-28(19-11-5-7-13-22(19)32-23)16-25(30)29-20-12-6-8-14-24(20)33-17-21(29)18-9-3-2-4-10-18/h2-14,21,23H,15-17H2,1H3,(H,27,31). The summed E-state index contributed by atoms with van der Waals surface area (Å²) in [5.74, 6) is 1.18. The molecule has 2 atom stereocenters. The van der Waals surface area contributed by atoms with Gasteiger partial charge in [-0.05, 0) is 29.8 Å². The fourth-order valence-electron chi connectivity index (χ4n) is 4.41. The van der Waals surface area contributed by atoms with Crippen molar-refractivity contribution in [3.63, 3.8) is 0 Å². The average molecular weight is 460 g/mol. The predicted molar refractivity (Wildman–Crippen MR) is 131 cm³/mol. The van der Waals surface area contributed by atoms with Crippen molar-refractivity contribution < 1.29 is 14.3 Å². The van der Waals surface area contributed by atoms with Gasteiger partial charge in [-0.3, -0.25) is 9.59 Å². The van der Waals surface area contributed by atoms with E-state index in [4.69, 9.17) is 4.74 Å². The number of carbonyl (C=O) groups is 2. The lowest BCUT2D eigenvalue weighted by Crippen LogP contribution is -2.52. The summed E-state index contributed by atoms with van der Waals surface area (Å²) in [7, 11) is 1.59. The summed E-state index contributed by atoms with van der Waals surface area (Å²) in [6.07, 6.45) is -0.674. The summed E-state index contributed by atoms with van der Waals surface area (Å²) in [5.41, 5.74) is 2.86. The third-order valence-electron chi connectivity index (χ3n) is 6.01. The van der Waals surface area contributed by atoms with Gasteiger partial charge < -0.3 is 19.9 Å². The van der Waals surface area contributed by atoms with Gasteiger partial charge in [0, 0.05) is 17.7 Å². The lowest BCUT2D eigenvalue weighted by molar-refractivity contribution is -0.127. The van der Waals surface area contributed by atoms with Gasteiger partial charge in [0.05, 0.1) is 30.5 Å². The number of likely N-dealkylation sites (N-methyl/N-ethyl adjacent to an activating group) is 1. The number of hydrogen-bond acceptors (Lipinski definition) is 5. The maximum absolute atomic E-state index is 13.9. The quantitative estimate of drug-likeness (QED) is 0.642. The fraction of sp³-hybridized carbons (Fsp3) is 0.231. The number of carbonyl (C=O) groups excluding carboxylic acids is 2. The van der Waals surface area contributed by atoms with Crippen molar-refractivity contribution in [2.45, 2.75) is 17.0 Å². The number of fused-ring (bicyclic) bond motifs is 2. The van der Waals surface area contributed by atoms with Crippen LogP contribution in [0.4, 0.5) is 11.4 Å². The van der Waals surface area contributed by atoms with Gasteiger partial charge >= 0.3 is 0 Å². The Balaban J connectivity index is 1.49. The highest BCUT2D eigenvalue weighted by Gasteiger charge is 2.36. The molecule has 0 aromatic heterocycles. The number of benzene rings is 3. The summed E-state index contributed by atoms with van der Waals surface area (Å²) in [6, 6.07) is 25.7. The molecule has 168 valence electrons. The fourth-order valence-corrected chi connectivity index (χ4v) is 5.58. The number of thioether (sulfide) groups is 1. The second-order valence-electron chi connectivity index (χ2n) is 8.04. The zero-order chi connectivity index (χ0) is 22.8. The van der Waals surface area contributed by atoms with Crippen LogP contribution in [0, 0.1) is 0 Å². The lowest BCUT2D eigenvalue weighted by atomic mass is 10.0. The topological polar surface area (TPSA) is 61.9 Å². The van der Waals surface area contributed by atoms with Crippen LogP contribution < -0.4 is 19.9 Å². The number of nitrogens with zero attached hydrogens (tertiary/aromatic N) is 2. The minimum atomic E-state index is -0.674. The first-order valence-electron chi connectivity index (χ1n) is 11.0. The van der Waals surface area contributed by atoms with Gasteiger partial charge in [-0.15, -0.1) is 11.8 Å². The van der Waals surface area contributed by atoms with E-state index in [1.54, 1.807) is 18.8 Å². The Morgan fingerprint density at radius 2 is 1.67 bits per heavy atom. The number of amides is 2. The summed E-state index contributed by atoms with van der Waals surface area (Å²) in [6.45, 7) is 0.457. The van der Waals surface area contributed by atoms with Crippen LogP contribution in [-0.2, 0) is 9.59 Å². The maximum atomic E-state index is 13.9. The van der Waals surface area contributed by atoms with Crippen LogP contribution in [-0.4, -0.2) is 43.8 Å². The highest BCUT2D eigenvalue weighted by molar-refractivity contribution is 7.99. The van der Waals surface area contributed by atoms with Crippen LogP contribution in [0.1, 0.15) is 11.6 Å². The van der Waals surface area contributed by atoms with E-state index in [0.29, 0.717) is 12.3 Å². The highest BCUT2D eigenvalue weighted by atomic mass is 32.2. The van der Waals surface area contributed by atoms with Crippen LogP contribution in [0.5, 0.6) is 5.75 Å². The normalized spacial score (nSPS) is 19.2. The SMILES string of the molecule is CNC(=O)C1CN(CC(=O)N2c3ccccc3SCC2c2ccccc2)c2ccccc2O1. The first-order chi connectivity index (χ1) is 16.2. The molecular formula is C26H25N3O3S. The van der Waals surface area contributed by atoms with Crippen molar-refractivity contribution in [2.24, 2.45) is 0 Å².